The summed E-state index contributed by atoms with van der Waals surface area (Å²) in [5, 5.41) is 15.6. The molecular weight excluding hydrogens is 396 g/mol. The summed E-state index contributed by atoms with van der Waals surface area (Å²) in [4.78, 5) is 1.07. The van der Waals surface area contributed by atoms with E-state index >= 15 is 0 Å². The van der Waals surface area contributed by atoms with Gasteiger partial charge >= 0.3 is 0 Å². The molecule has 1 aromatic carbocycles. The predicted octanol–water partition coefficient (Wildman–Crippen LogP) is 4.34. The molecule has 7 nitrogen and oxygen atoms in total. The van der Waals surface area contributed by atoms with Crippen LogP contribution in [0.3, 0.4) is 0 Å². The number of aromatic nitrogens is 4. The van der Waals surface area contributed by atoms with Crippen molar-refractivity contribution in [3.63, 3.8) is 0 Å². The first-order valence-corrected chi connectivity index (χ1v) is 10.5. The van der Waals surface area contributed by atoms with Gasteiger partial charge in [-0.25, -0.2) is 0 Å². The van der Waals surface area contributed by atoms with Crippen molar-refractivity contribution in [3.05, 3.63) is 59.4 Å². The summed E-state index contributed by atoms with van der Waals surface area (Å²) in [5.41, 5.74) is 0.865. The molecule has 1 unspecified atom stereocenters. The minimum absolute atomic E-state index is 0.292. The smallest absolute Gasteiger partial charge is 0.192 e. The van der Waals surface area contributed by atoms with Crippen LogP contribution in [0.2, 0.25) is 0 Å². The molecule has 0 bridgehead atoms. The van der Waals surface area contributed by atoms with Crippen LogP contribution >= 0.6 is 23.1 Å². The van der Waals surface area contributed by atoms with Gasteiger partial charge in [0.15, 0.2) is 34.3 Å². The highest BCUT2D eigenvalue weighted by Gasteiger charge is 2.27. The number of thiophene rings is 1. The second kappa shape index (κ2) is 7.33. The summed E-state index contributed by atoms with van der Waals surface area (Å²) in [5.74, 6) is 3.64. The van der Waals surface area contributed by atoms with Crippen LogP contribution in [-0.2, 0) is 12.8 Å². The monoisotopic (exact) mass is 412 g/mol. The molecule has 28 heavy (non-hydrogen) atoms. The highest BCUT2D eigenvalue weighted by Crippen LogP contribution is 2.36. The zero-order valence-corrected chi connectivity index (χ0v) is 16.6. The lowest BCUT2D eigenvalue weighted by molar-refractivity contribution is 0.0825. The molecular formula is C19H16N4O3S2. The molecule has 0 radical (unpaired) electrons. The number of para-hydroxylation sites is 2. The topological polar surface area (TPSA) is 75.2 Å². The summed E-state index contributed by atoms with van der Waals surface area (Å²) in [7, 11) is 1.93. The van der Waals surface area contributed by atoms with Gasteiger partial charge in [0, 0.05) is 18.9 Å². The largest absolute Gasteiger partial charge is 0.485 e. The summed E-state index contributed by atoms with van der Waals surface area (Å²) in [6.45, 7) is 0.404. The predicted molar refractivity (Wildman–Crippen MR) is 106 cm³/mol. The van der Waals surface area contributed by atoms with Gasteiger partial charge in [0.25, 0.3) is 0 Å². The van der Waals surface area contributed by atoms with Crippen molar-refractivity contribution in [2.75, 3.05) is 6.61 Å². The normalized spacial score (nSPS) is 15.7. The molecule has 0 saturated carbocycles. The first-order chi connectivity index (χ1) is 13.8. The third-order valence-electron chi connectivity index (χ3n) is 4.34. The molecule has 1 atom stereocenters. The van der Waals surface area contributed by atoms with Gasteiger partial charge in [0.05, 0.1) is 10.6 Å². The van der Waals surface area contributed by atoms with E-state index in [4.69, 9.17) is 14.0 Å². The lowest BCUT2D eigenvalue weighted by Crippen LogP contribution is -2.24. The Hall–Kier alpha value is -2.78. The first-order valence-electron chi connectivity index (χ1n) is 8.68. The average molecular weight is 412 g/mol. The van der Waals surface area contributed by atoms with Gasteiger partial charge in [0.2, 0.25) is 0 Å². The van der Waals surface area contributed by atoms with Gasteiger partial charge in [-0.2, -0.15) is 0 Å². The lowest BCUT2D eigenvalue weighted by atomic mass is 10.2. The van der Waals surface area contributed by atoms with Crippen LogP contribution < -0.4 is 9.47 Å². The van der Waals surface area contributed by atoms with E-state index in [1.807, 2.05) is 59.5 Å². The minimum Gasteiger partial charge on any atom is -0.485 e. The van der Waals surface area contributed by atoms with Gasteiger partial charge in [-0.05, 0) is 23.6 Å². The van der Waals surface area contributed by atoms with Crippen LogP contribution in [0.15, 0.2) is 57.5 Å². The van der Waals surface area contributed by atoms with E-state index in [2.05, 4.69) is 15.4 Å². The molecule has 142 valence electrons. The minimum atomic E-state index is -0.292. The van der Waals surface area contributed by atoms with Crippen LogP contribution in [0.5, 0.6) is 11.5 Å². The summed E-state index contributed by atoms with van der Waals surface area (Å²) >= 11 is 3.18. The molecule has 0 N–H and O–H groups in total. The van der Waals surface area contributed by atoms with E-state index in [9.17, 15) is 0 Å². The fourth-order valence-electron chi connectivity index (χ4n) is 2.93. The lowest BCUT2D eigenvalue weighted by Gasteiger charge is -2.25. The molecule has 4 aromatic rings. The van der Waals surface area contributed by atoms with Crippen LogP contribution in [0, 0.1) is 0 Å². The zero-order chi connectivity index (χ0) is 18.9. The molecule has 0 aliphatic carbocycles. The maximum Gasteiger partial charge on any atom is 0.192 e. The number of hydrogen-bond acceptors (Lipinski definition) is 8. The number of thioether (sulfide) groups is 1. The number of benzene rings is 1. The van der Waals surface area contributed by atoms with Crippen molar-refractivity contribution in [2.45, 2.75) is 17.0 Å². The Morgan fingerprint density at radius 1 is 1.18 bits per heavy atom. The quantitative estimate of drug-likeness (QED) is 0.452. The summed E-state index contributed by atoms with van der Waals surface area (Å²) in [6.07, 6.45) is -0.292. The Labute approximate surface area is 169 Å². The third-order valence-corrected chi connectivity index (χ3v) is 6.28. The van der Waals surface area contributed by atoms with Gasteiger partial charge in [-0.3, -0.25) is 0 Å². The van der Waals surface area contributed by atoms with E-state index in [0.717, 1.165) is 38.8 Å². The highest BCUT2D eigenvalue weighted by atomic mass is 32.2. The first kappa shape index (κ1) is 17.3. The summed E-state index contributed by atoms with van der Waals surface area (Å²) < 4.78 is 19.2. The maximum absolute atomic E-state index is 6.04. The van der Waals surface area contributed by atoms with Crippen LogP contribution in [0.1, 0.15) is 17.6 Å². The fraction of sp³-hybridized carbons (Fsp3) is 0.211. The van der Waals surface area contributed by atoms with Crippen molar-refractivity contribution < 1.29 is 14.0 Å². The van der Waals surface area contributed by atoms with Crippen molar-refractivity contribution in [1.29, 1.82) is 0 Å². The van der Waals surface area contributed by atoms with Crippen LogP contribution in [0.25, 0.3) is 10.6 Å². The Morgan fingerprint density at radius 3 is 2.93 bits per heavy atom. The molecule has 0 spiro atoms. The Bertz CT molecular complexity index is 1090. The Balaban J connectivity index is 1.27. The molecule has 0 fully saturated rings. The molecule has 1 aliphatic heterocycles. The standard InChI is InChI=1S/C19H16N4O3S2/c1-23-18(16-10-24-13-5-2-3-6-14(13)25-16)20-21-19(23)28-11-12-9-15(26-22-12)17-7-4-8-27-17/h2-9,16H,10-11H2,1H3. The highest BCUT2D eigenvalue weighted by molar-refractivity contribution is 7.98. The SMILES string of the molecule is Cn1c(SCc2cc(-c3cccs3)on2)nnc1C1COc2ccccc2O1. The van der Waals surface area contributed by atoms with Crippen molar-refractivity contribution in [1.82, 2.24) is 19.9 Å². The fourth-order valence-corrected chi connectivity index (χ4v) is 4.40. The molecule has 3 aromatic heterocycles. The van der Waals surface area contributed by atoms with E-state index in [1.165, 1.54) is 0 Å². The Morgan fingerprint density at radius 2 is 2.07 bits per heavy atom. The van der Waals surface area contributed by atoms with Gasteiger partial charge in [-0.15, -0.1) is 21.5 Å². The third kappa shape index (κ3) is 3.27. The number of ether oxygens (including phenoxy) is 2. The van der Waals surface area contributed by atoms with E-state index in [-0.39, 0.29) is 6.10 Å². The average Bonchev–Trinajstić information content (AvgIpc) is 3.47. The van der Waals surface area contributed by atoms with Gasteiger partial charge in [-0.1, -0.05) is 35.1 Å². The van der Waals surface area contributed by atoms with Crippen LogP contribution in [-0.4, -0.2) is 26.5 Å². The maximum atomic E-state index is 6.04. The molecule has 1 aliphatic rings. The number of hydrogen-bond donors (Lipinski definition) is 0. The molecule has 4 heterocycles. The molecule has 5 rings (SSSR count). The number of fused-ring (bicyclic) bond motifs is 1. The second-order valence-corrected chi connectivity index (χ2v) is 8.10. The molecule has 0 saturated heterocycles. The Kier molecular flexibility index (Phi) is 4.53. The van der Waals surface area contributed by atoms with E-state index in [1.54, 1.807) is 23.1 Å². The van der Waals surface area contributed by atoms with Crippen molar-refractivity contribution >= 4 is 23.1 Å². The summed E-state index contributed by atoms with van der Waals surface area (Å²) in [6, 6.07) is 13.6. The molecule has 9 heteroatoms. The van der Waals surface area contributed by atoms with Crippen LogP contribution in [0.4, 0.5) is 0 Å². The second-order valence-electron chi connectivity index (χ2n) is 6.21. The van der Waals surface area contributed by atoms with E-state index < -0.39 is 0 Å². The number of nitrogens with zero attached hydrogens (tertiary/aromatic N) is 4. The molecule has 0 amide bonds. The van der Waals surface area contributed by atoms with Gasteiger partial charge < -0.3 is 18.6 Å². The number of rotatable bonds is 5. The zero-order valence-electron chi connectivity index (χ0n) is 14.9. The van der Waals surface area contributed by atoms with E-state index in [0.29, 0.717) is 12.4 Å². The van der Waals surface area contributed by atoms with Gasteiger partial charge in [0.1, 0.15) is 6.61 Å². The van der Waals surface area contributed by atoms with Crippen molar-refractivity contribution in [2.24, 2.45) is 7.05 Å². The van der Waals surface area contributed by atoms with Crippen molar-refractivity contribution in [3.8, 4) is 22.1 Å².